The third-order valence-electron chi connectivity index (χ3n) is 5.45. The molecule has 27 heavy (non-hydrogen) atoms. The van der Waals surface area contributed by atoms with Crippen LogP contribution in [0.1, 0.15) is 35.3 Å². The van der Waals surface area contributed by atoms with E-state index in [0.717, 1.165) is 36.6 Å². The molecule has 0 unspecified atom stereocenters. The van der Waals surface area contributed by atoms with Gasteiger partial charge in [-0.25, -0.2) is 4.79 Å². The maximum absolute atomic E-state index is 12.0. The predicted molar refractivity (Wildman–Crippen MR) is 105 cm³/mol. The third-order valence-corrected chi connectivity index (χ3v) is 5.69. The van der Waals surface area contributed by atoms with Crippen molar-refractivity contribution in [2.45, 2.75) is 25.8 Å². The summed E-state index contributed by atoms with van der Waals surface area (Å²) in [6.07, 6.45) is 3.59. The van der Waals surface area contributed by atoms with Gasteiger partial charge in [-0.05, 0) is 54.7 Å². The van der Waals surface area contributed by atoms with Crippen molar-refractivity contribution in [1.82, 2.24) is 14.8 Å². The molecule has 1 amide bonds. The molecular formula is C21H24ClN3O2. The van der Waals surface area contributed by atoms with Crippen molar-refractivity contribution >= 4 is 17.7 Å². The van der Waals surface area contributed by atoms with Crippen LogP contribution in [-0.4, -0.2) is 53.7 Å². The van der Waals surface area contributed by atoms with Gasteiger partial charge >= 0.3 is 6.09 Å². The van der Waals surface area contributed by atoms with E-state index in [9.17, 15) is 4.79 Å². The van der Waals surface area contributed by atoms with E-state index in [2.05, 4.69) is 23.1 Å². The van der Waals surface area contributed by atoms with E-state index in [1.54, 1.807) is 4.90 Å². The fourth-order valence-electron chi connectivity index (χ4n) is 4.13. The minimum absolute atomic E-state index is 0.0975. The number of halogens is 1. The molecular weight excluding hydrogens is 362 g/mol. The summed E-state index contributed by atoms with van der Waals surface area (Å²) in [7, 11) is 0. The van der Waals surface area contributed by atoms with Crippen LogP contribution in [0.3, 0.4) is 0 Å². The molecule has 0 bridgehead atoms. The highest BCUT2D eigenvalue weighted by molar-refractivity contribution is 6.30. The molecule has 1 saturated heterocycles. The first kappa shape index (κ1) is 18.3. The average Bonchev–Trinajstić information content (AvgIpc) is 2.85. The molecule has 1 aliphatic carbocycles. The zero-order valence-corrected chi connectivity index (χ0v) is 16.3. The Labute approximate surface area is 164 Å². The largest absolute Gasteiger partial charge is 0.450 e. The summed E-state index contributed by atoms with van der Waals surface area (Å²) in [4.78, 5) is 21.0. The summed E-state index contributed by atoms with van der Waals surface area (Å²) in [5, 5.41) is 0.776. The van der Waals surface area contributed by atoms with Gasteiger partial charge in [-0.3, -0.25) is 9.88 Å². The summed E-state index contributed by atoms with van der Waals surface area (Å²) >= 11 is 6.27. The van der Waals surface area contributed by atoms with E-state index in [-0.39, 0.29) is 12.1 Å². The van der Waals surface area contributed by atoms with Gasteiger partial charge in [0.2, 0.25) is 0 Å². The van der Waals surface area contributed by atoms with Crippen LogP contribution in [0.2, 0.25) is 5.02 Å². The lowest BCUT2D eigenvalue weighted by Gasteiger charge is -2.39. The lowest BCUT2D eigenvalue weighted by molar-refractivity contribution is 0.0709. The second-order valence-electron chi connectivity index (χ2n) is 7.02. The molecule has 2 aromatic rings. The molecule has 1 aromatic carbocycles. The van der Waals surface area contributed by atoms with E-state index in [1.165, 1.54) is 16.7 Å². The highest BCUT2D eigenvalue weighted by Gasteiger charge is 2.33. The molecule has 6 heteroatoms. The number of benzene rings is 1. The maximum atomic E-state index is 12.0. The number of nitrogens with zero attached hydrogens (tertiary/aromatic N) is 3. The second-order valence-corrected chi connectivity index (χ2v) is 7.45. The Kier molecular flexibility index (Phi) is 5.32. The number of aromatic nitrogens is 1. The number of fused-ring (bicyclic) bond motifs is 2. The molecule has 5 nitrogen and oxygen atoms in total. The molecule has 0 radical (unpaired) electrons. The average molecular weight is 386 g/mol. The van der Waals surface area contributed by atoms with Crippen LogP contribution in [0.15, 0.2) is 36.5 Å². The fraction of sp³-hybridized carbons (Fsp3) is 0.429. The topological polar surface area (TPSA) is 45.7 Å². The summed E-state index contributed by atoms with van der Waals surface area (Å²) in [6, 6.07) is 10.5. The first-order valence-electron chi connectivity index (χ1n) is 9.55. The van der Waals surface area contributed by atoms with Crippen LogP contribution in [0.25, 0.3) is 0 Å². The first-order chi connectivity index (χ1) is 13.2. The molecule has 1 atom stereocenters. The van der Waals surface area contributed by atoms with Crippen molar-refractivity contribution in [3.8, 4) is 0 Å². The minimum Gasteiger partial charge on any atom is -0.450 e. The van der Waals surface area contributed by atoms with E-state index < -0.39 is 0 Å². The number of hydrogen-bond donors (Lipinski definition) is 0. The Morgan fingerprint density at radius 3 is 2.74 bits per heavy atom. The SMILES string of the molecule is CCOC(=O)N1CCN([C@H]2c3ccc(Cl)cc3CCc3cccnc32)CC1. The maximum Gasteiger partial charge on any atom is 0.409 e. The summed E-state index contributed by atoms with van der Waals surface area (Å²) < 4.78 is 5.15. The van der Waals surface area contributed by atoms with E-state index >= 15 is 0 Å². The van der Waals surface area contributed by atoms with Crippen molar-refractivity contribution in [3.05, 3.63) is 63.9 Å². The van der Waals surface area contributed by atoms with Gasteiger partial charge in [0.15, 0.2) is 0 Å². The van der Waals surface area contributed by atoms with Gasteiger partial charge in [0.05, 0.1) is 18.3 Å². The van der Waals surface area contributed by atoms with E-state index in [0.29, 0.717) is 19.7 Å². The molecule has 2 aliphatic rings. The number of aryl methyl sites for hydroxylation is 2. The number of rotatable bonds is 2. The smallest absolute Gasteiger partial charge is 0.409 e. The van der Waals surface area contributed by atoms with Gasteiger partial charge in [-0.15, -0.1) is 0 Å². The Balaban J connectivity index is 1.65. The summed E-state index contributed by atoms with van der Waals surface area (Å²) in [6.45, 7) is 5.17. The lowest BCUT2D eigenvalue weighted by atomic mass is 9.96. The molecule has 142 valence electrons. The van der Waals surface area contributed by atoms with Crippen molar-refractivity contribution in [3.63, 3.8) is 0 Å². The van der Waals surface area contributed by atoms with Crippen LogP contribution in [0.4, 0.5) is 4.79 Å². The molecule has 0 spiro atoms. The van der Waals surface area contributed by atoms with E-state index in [4.69, 9.17) is 21.3 Å². The van der Waals surface area contributed by atoms with Crippen molar-refractivity contribution < 1.29 is 9.53 Å². The van der Waals surface area contributed by atoms with Gasteiger partial charge in [-0.2, -0.15) is 0 Å². The third kappa shape index (κ3) is 3.66. The number of piperazine rings is 1. The van der Waals surface area contributed by atoms with Crippen molar-refractivity contribution in [1.29, 1.82) is 0 Å². The standard InChI is InChI=1S/C21H24ClN3O2/c1-2-27-21(26)25-12-10-24(11-13-25)20-18-8-7-17(22)14-16(18)6-5-15-4-3-9-23-19(15)20/h3-4,7-9,14,20H,2,5-6,10-13H2,1H3/t20-/m0/s1. The van der Waals surface area contributed by atoms with Crippen molar-refractivity contribution in [2.75, 3.05) is 32.8 Å². The van der Waals surface area contributed by atoms with Gasteiger partial charge in [0.1, 0.15) is 0 Å². The van der Waals surface area contributed by atoms with Gasteiger partial charge < -0.3 is 9.64 Å². The zero-order valence-electron chi connectivity index (χ0n) is 15.5. The first-order valence-corrected chi connectivity index (χ1v) is 9.93. The van der Waals surface area contributed by atoms with Crippen LogP contribution in [0, 0.1) is 0 Å². The number of amides is 1. The van der Waals surface area contributed by atoms with Crippen LogP contribution < -0.4 is 0 Å². The molecule has 0 N–H and O–H groups in total. The fourth-order valence-corrected chi connectivity index (χ4v) is 4.32. The second kappa shape index (κ2) is 7.87. The molecule has 0 saturated carbocycles. The molecule has 1 aliphatic heterocycles. The Bertz CT molecular complexity index is 834. The quantitative estimate of drug-likeness (QED) is 0.790. The Morgan fingerprint density at radius 1 is 1.19 bits per heavy atom. The molecule has 4 rings (SSSR count). The summed E-state index contributed by atoms with van der Waals surface area (Å²) in [5.74, 6) is 0. The zero-order chi connectivity index (χ0) is 18.8. The monoisotopic (exact) mass is 385 g/mol. The number of carbonyl (C=O) groups is 1. The normalized spacial score (nSPS) is 19.8. The van der Waals surface area contributed by atoms with Gasteiger partial charge in [0.25, 0.3) is 0 Å². The number of ether oxygens (including phenoxy) is 1. The minimum atomic E-state index is -0.219. The number of pyridine rings is 1. The predicted octanol–water partition coefficient (Wildman–Crippen LogP) is 3.70. The van der Waals surface area contributed by atoms with Crippen LogP contribution in [0.5, 0.6) is 0 Å². The highest BCUT2D eigenvalue weighted by Crippen LogP contribution is 2.37. The highest BCUT2D eigenvalue weighted by atomic mass is 35.5. The van der Waals surface area contributed by atoms with Gasteiger partial charge in [0, 0.05) is 37.4 Å². The molecule has 2 heterocycles. The van der Waals surface area contributed by atoms with Crippen LogP contribution in [-0.2, 0) is 17.6 Å². The number of hydrogen-bond acceptors (Lipinski definition) is 4. The molecule has 1 fully saturated rings. The lowest BCUT2D eigenvalue weighted by Crippen LogP contribution is -2.50. The van der Waals surface area contributed by atoms with Crippen LogP contribution >= 0.6 is 11.6 Å². The number of carbonyl (C=O) groups excluding carboxylic acids is 1. The molecule has 1 aromatic heterocycles. The summed E-state index contributed by atoms with van der Waals surface area (Å²) in [5.41, 5.74) is 4.99. The Hall–Kier alpha value is -2.11. The van der Waals surface area contributed by atoms with E-state index in [1.807, 2.05) is 25.3 Å². The Morgan fingerprint density at radius 2 is 1.96 bits per heavy atom. The van der Waals surface area contributed by atoms with Crippen molar-refractivity contribution in [2.24, 2.45) is 0 Å². The van der Waals surface area contributed by atoms with Gasteiger partial charge in [-0.1, -0.05) is 23.7 Å².